The molecule has 2 saturated heterocycles. The first-order valence-corrected chi connectivity index (χ1v) is 16.7. The summed E-state index contributed by atoms with van der Waals surface area (Å²) in [6, 6.07) is 0. The van der Waals surface area contributed by atoms with Crippen molar-refractivity contribution in [1.82, 2.24) is 0 Å². The number of aliphatic carboxylic acids is 3. The Morgan fingerprint density at radius 2 is 1.66 bits per heavy atom. The molecule has 0 bridgehead atoms. The third-order valence-electron chi connectivity index (χ3n) is 9.09. The number of carboxylic acids is 3. The average molecular weight is 663 g/mol. The Kier molecular flexibility index (Phi) is 16.0. The van der Waals surface area contributed by atoms with Crippen molar-refractivity contribution >= 4 is 23.9 Å². The van der Waals surface area contributed by atoms with Gasteiger partial charge >= 0.3 is 23.9 Å². The third kappa shape index (κ3) is 13.4. The minimum Gasteiger partial charge on any atom is -0.481 e. The first kappa shape index (κ1) is 39.9. The first-order valence-electron chi connectivity index (χ1n) is 16.7. The fraction of sp³-hybridized carbons (Fsp3) is 0.667. The van der Waals surface area contributed by atoms with Gasteiger partial charge < -0.3 is 34.6 Å². The summed E-state index contributed by atoms with van der Waals surface area (Å²) >= 11 is 0. The molecule has 0 unspecified atom stereocenters. The van der Waals surface area contributed by atoms with E-state index in [1.807, 2.05) is 32.9 Å². The van der Waals surface area contributed by atoms with Gasteiger partial charge in [0.25, 0.3) is 0 Å². The van der Waals surface area contributed by atoms with E-state index >= 15 is 0 Å². The molecule has 0 radical (unpaired) electrons. The molecule has 0 saturated carbocycles. The van der Waals surface area contributed by atoms with Crippen LogP contribution in [0.1, 0.15) is 112 Å². The summed E-state index contributed by atoms with van der Waals surface area (Å²) in [5.41, 5.74) is 0.346. The van der Waals surface area contributed by atoms with E-state index in [0.29, 0.717) is 44.1 Å². The van der Waals surface area contributed by atoms with Crippen LogP contribution >= 0.6 is 0 Å². The lowest BCUT2D eigenvalue weighted by atomic mass is 9.78. The number of aliphatic hydroxyl groups is 1. The molecule has 264 valence electrons. The van der Waals surface area contributed by atoms with Crippen LogP contribution in [0, 0.1) is 11.8 Å². The smallest absolute Gasteiger partial charge is 0.328 e. The van der Waals surface area contributed by atoms with Gasteiger partial charge in [-0.1, -0.05) is 63.1 Å². The molecular weight excluding hydrogens is 608 g/mol. The van der Waals surface area contributed by atoms with Gasteiger partial charge in [0.2, 0.25) is 0 Å². The summed E-state index contributed by atoms with van der Waals surface area (Å²) in [6.45, 7) is 9.56. The number of hydrogen-bond acceptors (Lipinski definition) is 8. The van der Waals surface area contributed by atoms with E-state index in [9.17, 15) is 29.4 Å². The summed E-state index contributed by atoms with van der Waals surface area (Å²) in [7, 11) is 0. The second-order valence-electron chi connectivity index (χ2n) is 13.2. The maximum Gasteiger partial charge on any atom is 0.328 e. The highest BCUT2D eigenvalue weighted by Gasteiger charge is 2.54. The maximum absolute atomic E-state index is 12.9. The Balaban J connectivity index is 2.29. The molecule has 11 heteroatoms. The van der Waals surface area contributed by atoms with Crippen LogP contribution in [0.4, 0.5) is 0 Å². The highest BCUT2D eigenvalue weighted by atomic mass is 16.7. The van der Waals surface area contributed by atoms with Gasteiger partial charge in [0, 0.05) is 25.3 Å². The second-order valence-corrected chi connectivity index (χ2v) is 13.2. The van der Waals surface area contributed by atoms with Crippen molar-refractivity contribution in [1.29, 1.82) is 0 Å². The Labute approximate surface area is 278 Å². The van der Waals surface area contributed by atoms with Crippen molar-refractivity contribution in [2.24, 2.45) is 11.8 Å². The quantitative estimate of drug-likeness (QED) is 0.0730. The maximum atomic E-state index is 12.9. The van der Waals surface area contributed by atoms with Gasteiger partial charge in [0.15, 0.2) is 5.79 Å². The number of ether oxygens (including phenoxy) is 3. The van der Waals surface area contributed by atoms with Gasteiger partial charge in [0.1, 0.15) is 11.7 Å². The number of carbonyl (C=O) groups excluding carboxylic acids is 1. The minimum absolute atomic E-state index is 0.00376. The zero-order valence-corrected chi connectivity index (χ0v) is 28.5. The number of carbonyl (C=O) groups is 4. The van der Waals surface area contributed by atoms with Crippen molar-refractivity contribution < 1.29 is 53.8 Å². The largest absolute Gasteiger partial charge is 0.481 e. The molecule has 2 fully saturated rings. The molecule has 0 aromatic carbocycles. The van der Waals surface area contributed by atoms with Gasteiger partial charge in [0.05, 0.1) is 25.0 Å². The van der Waals surface area contributed by atoms with Crippen LogP contribution < -0.4 is 0 Å². The van der Waals surface area contributed by atoms with E-state index in [0.717, 1.165) is 30.9 Å². The molecule has 0 aromatic heterocycles. The van der Waals surface area contributed by atoms with E-state index in [1.165, 1.54) is 0 Å². The molecule has 0 amide bonds. The highest BCUT2D eigenvalue weighted by Crippen LogP contribution is 2.48. The molecule has 0 aromatic rings. The zero-order chi connectivity index (χ0) is 35.2. The molecule has 2 aliphatic rings. The Morgan fingerprint density at radius 3 is 2.30 bits per heavy atom. The highest BCUT2D eigenvalue weighted by molar-refractivity contribution is 5.81. The zero-order valence-electron chi connectivity index (χ0n) is 28.5. The van der Waals surface area contributed by atoms with Crippen molar-refractivity contribution in [2.45, 2.75) is 141 Å². The molecule has 47 heavy (non-hydrogen) atoms. The number of hydrogen-bond donors (Lipinski definition) is 4. The van der Waals surface area contributed by atoms with Crippen LogP contribution in [0.15, 0.2) is 47.6 Å². The van der Waals surface area contributed by atoms with E-state index in [1.54, 1.807) is 25.2 Å². The van der Waals surface area contributed by atoms with Crippen LogP contribution in [0.2, 0.25) is 0 Å². The lowest BCUT2D eigenvalue weighted by Gasteiger charge is -2.53. The lowest BCUT2D eigenvalue weighted by Crippen LogP contribution is -2.59. The summed E-state index contributed by atoms with van der Waals surface area (Å²) in [5, 5.41) is 37.6. The van der Waals surface area contributed by atoms with Crippen molar-refractivity contribution in [2.75, 3.05) is 0 Å². The predicted molar refractivity (Wildman–Crippen MR) is 175 cm³/mol. The number of esters is 1. The normalized spacial score (nSPS) is 28.4. The number of unbranched alkanes of at least 4 members (excludes halogenated alkanes) is 1. The van der Waals surface area contributed by atoms with Crippen LogP contribution in [0.25, 0.3) is 0 Å². The topological polar surface area (TPSA) is 177 Å². The van der Waals surface area contributed by atoms with Gasteiger partial charge in [-0.3, -0.25) is 14.4 Å². The monoisotopic (exact) mass is 662 g/mol. The Morgan fingerprint density at radius 1 is 0.957 bits per heavy atom. The van der Waals surface area contributed by atoms with Gasteiger partial charge in [-0.25, -0.2) is 4.79 Å². The van der Waals surface area contributed by atoms with Crippen molar-refractivity contribution in [3.63, 3.8) is 0 Å². The van der Waals surface area contributed by atoms with Gasteiger partial charge in [-0.05, 0) is 69.8 Å². The Hall–Kier alpha value is -3.28. The molecule has 2 aliphatic heterocycles. The summed E-state index contributed by atoms with van der Waals surface area (Å²) in [4.78, 5) is 46.1. The first-order chi connectivity index (χ1) is 22.1. The summed E-state index contributed by atoms with van der Waals surface area (Å²) < 4.78 is 19.5. The number of aliphatic hydroxyl groups excluding tert-OH is 1. The van der Waals surface area contributed by atoms with E-state index in [4.69, 9.17) is 24.4 Å². The molecule has 4 N–H and O–H groups in total. The molecule has 2 heterocycles. The molecule has 7 atom stereocenters. The SMILES string of the molecule is CCCC[C@@]1(OC(=O)CCC(=O)O)CC[C@]2(CC[C@H](C)[C@@H](C/C=C(C)/C=C/[C@@H](O)[C@@H](C)CCC(=O)O)O2)O[C@H]1/C=C/C(C)=C/C(=O)O. The molecule has 11 nitrogen and oxygen atoms in total. The third-order valence-corrected chi connectivity index (χ3v) is 9.09. The van der Waals surface area contributed by atoms with Crippen LogP contribution in [-0.2, 0) is 33.4 Å². The molecule has 2 rings (SSSR count). The minimum atomic E-state index is -1.09. The average Bonchev–Trinajstić information content (AvgIpc) is 3.01. The number of carboxylic acid groups (broad SMARTS) is 3. The van der Waals surface area contributed by atoms with E-state index in [-0.39, 0.29) is 37.2 Å². The van der Waals surface area contributed by atoms with Crippen LogP contribution in [0.5, 0.6) is 0 Å². The van der Waals surface area contributed by atoms with Crippen LogP contribution in [0.3, 0.4) is 0 Å². The standard InChI is InChI=1S/C36H54O11/c1-6-7-19-35(47-34(44)17-16-32(40)41)21-22-36(46-30(35)14-10-25(3)23-33(42)43)20-18-27(5)29(45-36)13-9-24(2)8-12-28(37)26(4)11-15-31(38)39/h8-10,12,14,23,26-30,37H,6-7,11,13,15-22H2,1-5H3,(H,38,39)(H,40,41)(H,42,43)/b12-8+,14-10+,24-9+,25-23+/t26-,27-,28+,29+,30-,35+,36-/m0/s1. The second kappa shape index (κ2) is 18.9. The lowest BCUT2D eigenvalue weighted by molar-refractivity contribution is -0.344. The van der Waals surface area contributed by atoms with Gasteiger partial charge in [-0.15, -0.1) is 0 Å². The molecular formula is C36H54O11. The summed E-state index contributed by atoms with van der Waals surface area (Å²) in [6.07, 6.45) is 13.1. The number of allylic oxidation sites excluding steroid dienone is 4. The Bertz CT molecular complexity index is 1200. The number of rotatable bonds is 18. The molecule has 1 spiro atoms. The molecule has 0 aliphatic carbocycles. The van der Waals surface area contributed by atoms with Crippen molar-refractivity contribution in [3.8, 4) is 0 Å². The van der Waals surface area contributed by atoms with E-state index in [2.05, 4.69) is 6.92 Å². The van der Waals surface area contributed by atoms with Crippen molar-refractivity contribution in [3.05, 3.63) is 47.6 Å². The summed E-state index contributed by atoms with van der Waals surface area (Å²) in [5.74, 6) is -4.59. The fourth-order valence-corrected chi connectivity index (χ4v) is 6.00. The predicted octanol–water partition coefficient (Wildman–Crippen LogP) is 6.36. The van der Waals surface area contributed by atoms with E-state index < -0.39 is 47.5 Å². The van der Waals surface area contributed by atoms with Crippen LogP contribution in [-0.4, -0.2) is 74.0 Å². The fourth-order valence-electron chi connectivity index (χ4n) is 6.00. The van der Waals surface area contributed by atoms with Gasteiger partial charge in [-0.2, -0.15) is 0 Å².